The molecule has 216 valence electrons. The van der Waals surface area contributed by atoms with Gasteiger partial charge in [-0.05, 0) is 143 Å². The summed E-state index contributed by atoms with van der Waals surface area (Å²) >= 11 is 0. The SMILES string of the molecule is CCC1=C(C)c2cc3cc(cc4[nH]c(cc5[nH]c(cc1n2)c(CC)c5CC)c(CC)c4C)-c1ccc(C(C)(C)C)cc1-3. The fraction of sp³-hybridized carbons (Fsp3) is 0.359. The van der Waals surface area contributed by atoms with Crippen LogP contribution in [0.4, 0.5) is 0 Å². The lowest BCUT2D eigenvalue weighted by atomic mass is 9.85. The van der Waals surface area contributed by atoms with Crippen molar-refractivity contribution >= 4 is 33.2 Å². The second-order valence-corrected chi connectivity index (χ2v) is 13.0. The quantitative estimate of drug-likeness (QED) is 0.228. The maximum atomic E-state index is 5.28. The first kappa shape index (κ1) is 28.3. The van der Waals surface area contributed by atoms with Crippen molar-refractivity contribution in [1.29, 1.82) is 0 Å². The Kier molecular flexibility index (Phi) is 7.04. The zero-order chi connectivity index (χ0) is 29.9. The Labute approximate surface area is 251 Å². The summed E-state index contributed by atoms with van der Waals surface area (Å²) in [5.41, 5.74) is 21.6. The van der Waals surface area contributed by atoms with E-state index in [-0.39, 0.29) is 5.41 Å². The van der Waals surface area contributed by atoms with Gasteiger partial charge in [-0.3, -0.25) is 0 Å². The summed E-state index contributed by atoms with van der Waals surface area (Å²) in [6, 6.07) is 18.7. The molecule has 0 spiro atoms. The van der Waals surface area contributed by atoms with Gasteiger partial charge in [0.15, 0.2) is 0 Å². The summed E-state index contributed by atoms with van der Waals surface area (Å²) in [7, 11) is 0. The fourth-order valence-corrected chi connectivity index (χ4v) is 7.06. The molecule has 0 fully saturated rings. The van der Waals surface area contributed by atoms with Gasteiger partial charge in [-0.25, -0.2) is 4.98 Å². The summed E-state index contributed by atoms with van der Waals surface area (Å²) in [6.07, 6.45) is 3.92. The number of fused-ring (bicyclic) bond motifs is 11. The molecule has 2 N–H and O–H groups in total. The normalized spacial score (nSPS) is 13.2. The van der Waals surface area contributed by atoms with Gasteiger partial charge in [0.05, 0.1) is 11.4 Å². The Morgan fingerprint density at radius 3 is 1.86 bits per heavy atom. The van der Waals surface area contributed by atoms with E-state index in [9.17, 15) is 0 Å². The molecule has 42 heavy (non-hydrogen) atoms. The predicted octanol–water partition coefficient (Wildman–Crippen LogP) is 10.9. The van der Waals surface area contributed by atoms with Gasteiger partial charge in [-0.15, -0.1) is 0 Å². The van der Waals surface area contributed by atoms with Crippen molar-refractivity contribution in [2.24, 2.45) is 0 Å². The molecule has 3 nitrogen and oxygen atoms in total. The number of aromatic nitrogens is 3. The molecule has 4 heterocycles. The third kappa shape index (κ3) is 4.54. The summed E-state index contributed by atoms with van der Waals surface area (Å²) in [6.45, 7) is 20.4. The first-order chi connectivity index (χ1) is 20.1. The number of H-pyrrole nitrogens is 2. The molecular formula is C39H45N3. The van der Waals surface area contributed by atoms with Crippen LogP contribution in [0.3, 0.4) is 0 Å². The molecule has 8 bridgehead atoms. The number of benzene rings is 1. The van der Waals surface area contributed by atoms with Gasteiger partial charge < -0.3 is 9.97 Å². The zero-order valence-electron chi connectivity index (χ0n) is 26.9. The van der Waals surface area contributed by atoms with E-state index >= 15 is 0 Å². The van der Waals surface area contributed by atoms with E-state index in [0.717, 1.165) is 37.1 Å². The molecule has 6 rings (SSSR count). The van der Waals surface area contributed by atoms with Gasteiger partial charge >= 0.3 is 0 Å². The largest absolute Gasteiger partial charge is 0.355 e. The Morgan fingerprint density at radius 2 is 1.21 bits per heavy atom. The second-order valence-electron chi connectivity index (χ2n) is 13.0. The Hall–Kier alpha value is -3.85. The molecule has 0 saturated carbocycles. The minimum atomic E-state index is 0.0771. The van der Waals surface area contributed by atoms with Crippen molar-refractivity contribution in [2.45, 2.75) is 93.4 Å². The number of nitrogens with zero attached hydrogens (tertiary/aromatic N) is 1. The van der Waals surface area contributed by atoms with Crippen molar-refractivity contribution in [3.8, 4) is 22.3 Å². The van der Waals surface area contributed by atoms with Crippen molar-refractivity contribution in [3.63, 3.8) is 0 Å². The van der Waals surface area contributed by atoms with Gasteiger partial charge in [0.1, 0.15) is 0 Å². The summed E-state index contributed by atoms with van der Waals surface area (Å²) < 4.78 is 0. The van der Waals surface area contributed by atoms with Crippen LogP contribution >= 0.6 is 0 Å². The van der Waals surface area contributed by atoms with E-state index in [4.69, 9.17) is 4.98 Å². The number of aryl methyl sites for hydroxylation is 4. The van der Waals surface area contributed by atoms with E-state index in [1.807, 2.05) is 0 Å². The molecule has 3 heteroatoms. The van der Waals surface area contributed by atoms with Gasteiger partial charge in [-0.2, -0.15) is 0 Å². The lowest BCUT2D eigenvalue weighted by Gasteiger charge is -2.20. The van der Waals surface area contributed by atoms with Crippen molar-refractivity contribution in [1.82, 2.24) is 15.0 Å². The number of hydrogen-bond donors (Lipinski definition) is 2. The number of aromatic amines is 2. The number of allylic oxidation sites excluding steroid dienone is 2. The summed E-state index contributed by atoms with van der Waals surface area (Å²) in [4.78, 5) is 12.9. The van der Waals surface area contributed by atoms with Crippen molar-refractivity contribution in [2.75, 3.05) is 0 Å². The van der Waals surface area contributed by atoms with Crippen LogP contribution in [0.15, 0.2) is 48.5 Å². The predicted molar refractivity (Wildman–Crippen MR) is 182 cm³/mol. The average molecular weight is 556 g/mol. The Bertz CT molecular complexity index is 1920. The Balaban J connectivity index is 1.80. The zero-order valence-corrected chi connectivity index (χ0v) is 26.9. The van der Waals surface area contributed by atoms with Crippen molar-refractivity contribution in [3.05, 3.63) is 87.7 Å². The average Bonchev–Trinajstić information content (AvgIpc) is 3.65. The second kappa shape index (κ2) is 10.5. The van der Waals surface area contributed by atoms with Crippen molar-refractivity contribution < 1.29 is 0 Å². The van der Waals surface area contributed by atoms with Gasteiger partial charge in [-0.1, -0.05) is 60.6 Å². The van der Waals surface area contributed by atoms with E-state index in [1.54, 1.807) is 0 Å². The maximum absolute atomic E-state index is 5.28. The molecule has 0 unspecified atom stereocenters. The smallest absolute Gasteiger partial charge is 0.0693 e. The van der Waals surface area contributed by atoms with E-state index in [0.29, 0.717) is 0 Å². The van der Waals surface area contributed by atoms with Crippen LogP contribution < -0.4 is 0 Å². The minimum Gasteiger partial charge on any atom is -0.355 e. The molecule has 2 aliphatic rings. The number of rotatable bonds is 4. The number of nitrogens with one attached hydrogen (secondary N) is 2. The highest BCUT2D eigenvalue weighted by atomic mass is 14.8. The monoisotopic (exact) mass is 555 g/mol. The fourth-order valence-electron chi connectivity index (χ4n) is 7.06. The first-order valence-corrected chi connectivity index (χ1v) is 15.8. The summed E-state index contributed by atoms with van der Waals surface area (Å²) in [5.74, 6) is 0. The first-order valence-electron chi connectivity index (χ1n) is 15.8. The lowest BCUT2D eigenvalue weighted by molar-refractivity contribution is 0.590. The molecule has 1 aliphatic heterocycles. The van der Waals surface area contributed by atoms with E-state index < -0.39 is 0 Å². The van der Waals surface area contributed by atoms with Crippen LogP contribution in [-0.4, -0.2) is 15.0 Å². The topological polar surface area (TPSA) is 44.5 Å². The molecule has 1 aliphatic carbocycles. The third-order valence-corrected chi connectivity index (χ3v) is 9.52. The minimum absolute atomic E-state index is 0.0771. The molecule has 1 aromatic carbocycles. The van der Waals surface area contributed by atoms with Crippen LogP contribution in [0.1, 0.15) is 101 Å². The molecule has 4 aromatic rings. The lowest BCUT2D eigenvalue weighted by Crippen LogP contribution is -2.10. The molecule has 0 atom stereocenters. The molecule has 0 radical (unpaired) electrons. The molecular weight excluding hydrogens is 510 g/mol. The highest BCUT2D eigenvalue weighted by Gasteiger charge is 2.22. The van der Waals surface area contributed by atoms with Gasteiger partial charge in [0, 0.05) is 22.1 Å². The summed E-state index contributed by atoms with van der Waals surface area (Å²) in [5, 5.41) is 0. The van der Waals surface area contributed by atoms with Crippen LogP contribution in [0.5, 0.6) is 0 Å². The van der Waals surface area contributed by atoms with Gasteiger partial charge in [0.25, 0.3) is 0 Å². The standard InChI is InChI=1S/C39H45N3/c1-10-27-22(5)33-17-24-16-25(32-19-26(39(7,8)9)14-15-31(24)32)18-34-23(6)28(11-2)36(41-34)21-38-30(13-4)29(12-3)37(42-38)20-35(27)40-33/h14-21,40,42H,10-13H2,1-9H3. The highest BCUT2D eigenvalue weighted by molar-refractivity contribution is 5.96. The van der Waals surface area contributed by atoms with Crippen LogP contribution in [-0.2, 0) is 24.7 Å². The number of hydrogen-bond acceptors (Lipinski definition) is 1. The van der Waals surface area contributed by atoms with Crippen LogP contribution in [0.2, 0.25) is 0 Å². The van der Waals surface area contributed by atoms with Crippen LogP contribution in [0.25, 0.3) is 55.5 Å². The Morgan fingerprint density at radius 1 is 0.595 bits per heavy atom. The van der Waals surface area contributed by atoms with Gasteiger partial charge in [0.2, 0.25) is 0 Å². The third-order valence-electron chi connectivity index (χ3n) is 9.52. The van der Waals surface area contributed by atoms with E-state index in [1.165, 1.54) is 83.3 Å². The van der Waals surface area contributed by atoms with E-state index in [2.05, 4.69) is 121 Å². The van der Waals surface area contributed by atoms with Crippen LogP contribution in [0, 0.1) is 6.92 Å². The highest BCUT2D eigenvalue weighted by Crippen LogP contribution is 2.43. The molecule has 0 saturated heterocycles. The molecule has 0 amide bonds. The maximum Gasteiger partial charge on any atom is 0.0693 e. The molecule has 3 aromatic heterocycles.